The fourth-order valence-electron chi connectivity index (χ4n) is 0.985. The Bertz CT molecular complexity index is 404. The van der Waals surface area contributed by atoms with E-state index in [1.54, 1.807) is 0 Å². The minimum Gasteiger partial charge on any atom is -0.125 e. The second kappa shape index (κ2) is 3.45. The van der Waals surface area contributed by atoms with Gasteiger partial charge in [0.25, 0.3) is 0 Å². The van der Waals surface area contributed by atoms with Gasteiger partial charge in [0.15, 0.2) is 5.15 Å². The van der Waals surface area contributed by atoms with Crippen molar-refractivity contribution in [1.29, 1.82) is 0 Å². The van der Waals surface area contributed by atoms with Gasteiger partial charge in [-0.3, -0.25) is 0 Å². The van der Waals surface area contributed by atoms with E-state index in [9.17, 15) is 0 Å². The molecule has 2 rings (SSSR count). The molecule has 0 amide bonds. The first-order valence-electron chi connectivity index (χ1n) is 3.65. The molecule has 64 valence electrons. The van der Waals surface area contributed by atoms with E-state index in [0.29, 0.717) is 5.69 Å². The minimum atomic E-state index is 0.265. The zero-order valence-electron chi connectivity index (χ0n) is 6.55. The van der Waals surface area contributed by atoms with Crippen LogP contribution in [-0.4, -0.2) is 20.6 Å². The van der Waals surface area contributed by atoms with Crippen LogP contribution in [0.15, 0.2) is 30.3 Å². The van der Waals surface area contributed by atoms with Crippen molar-refractivity contribution in [3.05, 3.63) is 35.5 Å². The van der Waals surface area contributed by atoms with E-state index in [1.807, 2.05) is 30.3 Å². The number of benzene rings is 1. The molecule has 0 unspecified atom stereocenters. The minimum absolute atomic E-state index is 0.265. The van der Waals surface area contributed by atoms with E-state index in [0.717, 1.165) is 5.56 Å². The lowest BCUT2D eigenvalue weighted by Gasteiger charge is -1.97. The van der Waals surface area contributed by atoms with Crippen LogP contribution < -0.4 is 0 Å². The van der Waals surface area contributed by atoms with E-state index >= 15 is 0 Å². The van der Waals surface area contributed by atoms with Crippen molar-refractivity contribution in [1.82, 2.24) is 20.6 Å². The summed E-state index contributed by atoms with van der Waals surface area (Å²) in [4.78, 5) is 0. The van der Waals surface area contributed by atoms with Crippen molar-refractivity contribution in [3.8, 4) is 11.3 Å². The van der Waals surface area contributed by atoms with E-state index in [1.165, 1.54) is 0 Å². The maximum atomic E-state index is 5.78. The predicted octanol–water partition coefficient (Wildman–Crippen LogP) is 1.59. The second-order valence-corrected chi connectivity index (χ2v) is 2.74. The molecule has 0 radical (unpaired) electrons. The summed E-state index contributed by atoms with van der Waals surface area (Å²) >= 11 is 5.78. The highest BCUT2D eigenvalue weighted by atomic mass is 35.5. The Hall–Kier alpha value is -1.55. The first kappa shape index (κ1) is 8.07. The van der Waals surface area contributed by atoms with Crippen LogP contribution in [0.4, 0.5) is 0 Å². The van der Waals surface area contributed by atoms with Gasteiger partial charge in [-0.2, -0.15) is 0 Å². The molecule has 0 aliphatic heterocycles. The fraction of sp³-hybridized carbons (Fsp3) is 0. The Morgan fingerprint density at radius 1 is 0.923 bits per heavy atom. The summed E-state index contributed by atoms with van der Waals surface area (Å²) in [7, 11) is 0. The van der Waals surface area contributed by atoms with Gasteiger partial charge in [-0.1, -0.05) is 41.9 Å². The van der Waals surface area contributed by atoms with E-state index in [2.05, 4.69) is 20.6 Å². The van der Waals surface area contributed by atoms with Crippen LogP contribution in [-0.2, 0) is 0 Å². The summed E-state index contributed by atoms with van der Waals surface area (Å²) in [6, 6.07) is 9.48. The zero-order valence-corrected chi connectivity index (χ0v) is 7.31. The zero-order chi connectivity index (χ0) is 9.10. The molecule has 1 aromatic carbocycles. The highest BCUT2D eigenvalue weighted by Gasteiger charge is 2.05. The third-order valence-corrected chi connectivity index (χ3v) is 1.81. The molecular weight excluding hydrogens is 188 g/mol. The number of halogens is 1. The van der Waals surface area contributed by atoms with E-state index < -0.39 is 0 Å². The van der Waals surface area contributed by atoms with Crippen molar-refractivity contribution < 1.29 is 0 Å². The Morgan fingerprint density at radius 2 is 1.62 bits per heavy atom. The number of nitrogens with zero attached hydrogens (tertiary/aromatic N) is 4. The van der Waals surface area contributed by atoms with Gasteiger partial charge in [0.05, 0.1) is 0 Å². The predicted molar refractivity (Wildman–Crippen MR) is 48.1 cm³/mol. The summed E-state index contributed by atoms with van der Waals surface area (Å²) in [6.45, 7) is 0. The normalized spacial score (nSPS) is 9.92. The van der Waals surface area contributed by atoms with Gasteiger partial charge < -0.3 is 0 Å². The number of rotatable bonds is 1. The maximum Gasteiger partial charge on any atom is 0.181 e. The van der Waals surface area contributed by atoms with Crippen LogP contribution in [0.3, 0.4) is 0 Å². The van der Waals surface area contributed by atoms with Crippen molar-refractivity contribution in [2.75, 3.05) is 0 Å². The molecule has 4 nitrogen and oxygen atoms in total. The van der Waals surface area contributed by atoms with Crippen LogP contribution >= 0.6 is 11.6 Å². The number of aromatic nitrogens is 4. The topological polar surface area (TPSA) is 51.6 Å². The van der Waals surface area contributed by atoms with Gasteiger partial charge in [0.1, 0.15) is 5.69 Å². The average molecular weight is 193 g/mol. The molecule has 1 heterocycles. The summed E-state index contributed by atoms with van der Waals surface area (Å²) in [5.41, 5.74) is 1.44. The fourth-order valence-corrected chi connectivity index (χ4v) is 1.17. The Balaban J connectivity index is 2.54. The molecule has 0 atom stereocenters. The molecule has 0 saturated heterocycles. The second-order valence-electron chi connectivity index (χ2n) is 2.38. The Labute approximate surface area is 79.6 Å². The smallest absolute Gasteiger partial charge is 0.125 e. The molecule has 0 aliphatic rings. The molecule has 0 spiro atoms. The van der Waals surface area contributed by atoms with Crippen LogP contribution in [0, 0.1) is 0 Å². The molecule has 13 heavy (non-hydrogen) atoms. The van der Waals surface area contributed by atoms with Gasteiger partial charge in [0, 0.05) is 5.56 Å². The summed E-state index contributed by atoms with van der Waals surface area (Å²) in [5.74, 6) is 0. The third-order valence-electron chi connectivity index (χ3n) is 1.56. The molecule has 0 aliphatic carbocycles. The van der Waals surface area contributed by atoms with Gasteiger partial charge >= 0.3 is 0 Å². The molecule has 0 fully saturated rings. The van der Waals surface area contributed by atoms with Gasteiger partial charge in [-0.15, -0.1) is 10.2 Å². The van der Waals surface area contributed by atoms with E-state index in [4.69, 9.17) is 11.6 Å². The summed E-state index contributed by atoms with van der Waals surface area (Å²) < 4.78 is 0. The van der Waals surface area contributed by atoms with Crippen LogP contribution in [0.5, 0.6) is 0 Å². The van der Waals surface area contributed by atoms with Crippen molar-refractivity contribution in [2.24, 2.45) is 0 Å². The Morgan fingerprint density at radius 3 is 2.31 bits per heavy atom. The quantitative estimate of drug-likeness (QED) is 0.689. The van der Waals surface area contributed by atoms with Gasteiger partial charge in [-0.25, -0.2) is 0 Å². The lowest BCUT2D eigenvalue weighted by molar-refractivity contribution is 0.767. The molecule has 5 heteroatoms. The molecule has 0 saturated carbocycles. The largest absolute Gasteiger partial charge is 0.181 e. The van der Waals surface area contributed by atoms with Gasteiger partial charge in [0.2, 0.25) is 0 Å². The maximum absolute atomic E-state index is 5.78. The Kier molecular flexibility index (Phi) is 2.14. The number of hydrogen-bond donors (Lipinski definition) is 0. The molecule has 1 aromatic heterocycles. The monoisotopic (exact) mass is 192 g/mol. The molecular formula is C8H5ClN4. The van der Waals surface area contributed by atoms with Crippen LogP contribution in [0.2, 0.25) is 5.15 Å². The van der Waals surface area contributed by atoms with Crippen molar-refractivity contribution in [2.45, 2.75) is 0 Å². The molecule has 0 N–H and O–H groups in total. The standard InChI is InChI=1S/C8H5ClN4/c9-8-7(10-12-13-11-8)6-4-2-1-3-5-6/h1-5H. The lowest BCUT2D eigenvalue weighted by Crippen LogP contribution is -1.95. The molecule has 0 bridgehead atoms. The average Bonchev–Trinajstić information content (AvgIpc) is 2.20. The third kappa shape index (κ3) is 1.62. The van der Waals surface area contributed by atoms with E-state index in [-0.39, 0.29) is 5.15 Å². The van der Waals surface area contributed by atoms with Gasteiger partial charge in [-0.05, 0) is 10.4 Å². The summed E-state index contributed by atoms with van der Waals surface area (Å²) in [6.07, 6.45) is 0. The molecule has 2 aromatic rings. The highest BCUT2D eigenvalue weighted by molar-refractivity contribution is 6.31. The van der Waals surface area contributed by atoms with Crippen molar-refractivity contribution >= 4 is 11.6 Å². The highest BCUT2D eigenvalue weighted by Crippen LogP contribution is 2.20. The van der Waals surface area contributed by atoms with Crippen molar-refractivity contribution in [3.63, 3.8) is 0 Å². The summed E-state index contributed by atoms with van der Waals surface area (Å²) in [5, 5.41) is 14.4. The SMILES string of the molecule is Clc1nnnnc1-c1ccccc1. The first-order chi connectivity index (χ1) is 6.38. The van der Waals surface area contributed by atoms with Crippen LogP contribution in [0.1, 0.15) is 0 Å². The number of hydrogen-bond acceptors (Lipinski definition) is 4. The van der Waals surface area contributed by atoms with Crippen LogP contribution in [0.25, 0.3) is 11.3 Å². The lowest BCUT2D eigenvalue weighted by atomic mass is 10.2. The first-order valence-corrected chi connectivity index (χ1v) is 4.02.